The molecule has 0 aliphatic heterocycles. The molecule has 1 amide bonds. The second kappa shape index (κ2) is 7.45. The lowest BCUT2D eigenvalue weighted by atomic mass is 10.1. The van der Waals surface area contributed by atoms with Crippen LogP contribution >= 0.6 is 11.8 Å². The molecule has 0 radical (unpaired) electrons. The van der Waals surface area contributed by atoms with Gasteiger partial charge in [-0.3, -0.25) is 9.59 Å². The third-order valence-corrected chi connectivity index (χ3v) is 4.19. The molecule has 0 aromatic carbocycles. The highest BCUT2D eigenvalue weighted by Gasteiger charge is 2.15. The standard InChI is InChI=1S/C15H20N4O3S/c1-9(2)19-14-11(7-17-19)6-12(10(3)18-14)15(22)16-4-5-23-8-13(20)21/h6-7,9H,4-5,8H2,1-3H3,(H,16,22)(H,20,21). The molecule has 23 heavy (non-hydrogen) atoms. The Morgan fingerprint density at radius 1 is 1.43 bits per heavy atom. The monoisotopic (exact) mass is 336 g/mol. The molecule has 2 aromatic heterocycles. The lowest BCUT2D eigenvalue weighted by Gasteiger charge is -2.09. The van der Waals surface area contributed by atoms with Crippen LogP contribution in [-0.4, -0.2) is 49.8 Å². The number of carbonyl (C=O) groups excluding carboxylic acids is 1. The van der Waals surface area contributed by atoms with Crippen molar-refractivity contribution in [3.63, 3.8) is 0 Å². The first-order chi connectivity index (χ1) is 10.9. The normalized spacial score (nSPS) is 11.1. The Labute approximate surface area is 138 Å². The van der Waals surface area contributed by atoms with Gasteiger partial charge in [-0.05, 0) is 26.8 Å². The molecule has 2 rings (SSSR count). The van der Waals surface area contributed by atoms with Gasteiger partial charge in [-0.25, -0.2) is 9.67 Å². The van der Waals surface area contributed by atoms with Crippen molar-refractivity contribution in [3.05, 3.63) is 23.5 Å². The first-order valence-corrected chi connectivity index (χ1v) is 8.48. The average Bonchev–Trinajstić information content (AvgIpc) is 2.88. The van der Waals surface area contributed by atoms with Crippen molar-refractivity contribution in [2.24, 2.45) is 0 Å². The zero-order chi connectivity index (χ0) is 17.0. The molecule has 2 aromatic rings. The molecular formula is C15H20N4O3S. The molecule has 7 nitrogen and oxygen atoms in total. The van der Waals surface area contributed by atoms with Crippen LogP contribution in [0.1, 0.15) is 35.9 Å². The molecule has 0 spiro atoms. The summed E-state index contributed by atoms with van der Waals surface area (Å²) < 4.78 is 1.83. The molecule has 2 N–H and O–H groups in total. The number of nitrogens with one attached hydrogen (secondary N) is 1. The molecule has 0 saturated carbocycles. The summed E-state index contributed by atoms with van der Waals surface area (Å²) in [5.41, 5.74) is 1.94. The van der Waals surface area contributed by atoms with E-state index in [9.17, 15) is 9.59 Å². The Morgan fingerprint density at radius 2 is 2.17 bits per heavy atom. The zero-order valence-electron chi connectivity index (χ0n) is 13.4. The van der Waals surface area contributed by atoms with Crippen LogP contribution in [0.4, 0.5) is 0 Å². The summed E-state index contributed by atoms with van der Waals surface area (Å²) in [7, 11) is 0. The Balaban J connectivity index is 2.06. The van der Waals surface area contributed by atoms with Gasteiger partial charge in [-0.1, -0.05) is 0 Å². The fraction of sp³-hybridized carbons (Fsp3) is 0.467. The summed E-state index contributed by atoms with van der Waals surface area (Å²) in [5.74, 6) is -0.464. The third kappa shape index (κ3) is 4.22. The van der Waals surface area contributed by atoms with E-state index in [0.717, 1.165) is 11.0 Å². The Bertz CT molecular complexity index is 727. The molecule has 0 atom stereocenters. The van der Waals surface area contributed by atoms with E-state index in [-0.39, 0.29) is 17.7 Å². The van der Waals surface area contributed by atoms with Crippen molar-refractivity contribution in [2.75, 3.05) is 18.1 Å². The molecule has 0 saturated heterocycles. The molecule has 0 aliphatic rings. The summed E-state index contributed by atoms with van der Waals surface area (Å²) >= 11 is 1.27. The number of amides is 1. The number of hydrogen-bond acceptors (Lipinski definition) is 5. The number of aryl methyl sites for hydroxylation is 1. The van der Waals surface area contributed by atoms with Gasteiger partial charge in [-0.15, -0.1) is 11.8 Å². The number of carboxylic acid groups (broad SMARTS) is 1. The molecule has 0 unspecified atom stereocenters. The van der Waals surface area contributed by atoms with Crippen LogP contribution in [0.3, 0.4) is 0 Å². The fourth-order valence-corrected chi connectivity index (χ4v) is 2.73. The molecule has 124 valence electrons. The Kier molecular flexibility index (Phi) is 5.59. The molecule has 0 bridgehead atoms. The summed E-state index contributed by atoms with van der Waals surface area (Å²) in [5, 5.41) is 16.5. The SMILES string of the molecule is Cc1nc2c(cnn2C(C)C)cc1C(=O)NCCSCC(=O)O. The van der Waals surface area contributed by atoms with Gasteiger partial charge in [0, 0.05) is 23.7 Å². The number of carboxylic acids is 1. The number of nitrogens with zero attached hydrogens (tertiary/aromatic N) is 3. The van der Waals surface area contributed by atoms with E-state index < -0.39 is 5.97 Å². The van der Waals surface area contributed by atoms with Crippen molar-refractivity contribution in [2.45, 2.75) is 26.8 Å². The van der Waals surface area contributed by atoms with Crippen LogP contribution in [-0.2, 0) is 4.79 Å². The van der Waals surface area contributed by atoms with Crippen LogP contribution in [0.15, 0.2) is 12.3 Å². The quantitative estimate of drug-likeness (QED) is 0.749. The number of rotatable bonds is 7. The molecular weight excluding hydrogens is 316 g/mol. The van der Waals surface area contributed by atoms with Crippen molar-refractivity contribution in [1.29, 1.82) is 0 Å². The molecule has 0 aliphatic carbocycles. The van der Waals surface area contributed by atoms with Gasteiger partial charge in [0.25, 0.3) is 5.91 Å². The van der Waals surface area contributed by atoms with E-state index in [1.165, 1.54) is 11.8 Å². The second-order valence-electron chi connectivity index (χ2n) is 5.42. The van der Waals surface area contributed by atoms with Crippen molar-refractivity contribution in [3.8, 4) is 0 Å². The van der Waals surface area contributed by atoms with E-state index in [0.29, 0.717) is 23.6 Å². The topological polar surface area (TPSA) is 97.1 Å². The van der Waals surface area contributed by atoms with Crippen molar-refractivity contribution < 1.29 is 14.7 Å². The van der Waals surface area contributed by atoms with E-state index in [1.54, 1.807) is 19.2 Å². The second-order valence-corrected chi connectivity index (χ2v) is 6.52. The molecule has 0 fully saturated rings. The highest BCUT2D eigenvalue weighted by molar-refractivity contribution is 7.99. The average molecular weight is 336 g/mol. The highest BCUT2D eigenvalue weighted by atomic mass is 32.2. The van der Waals surface area contributed by atoms with Gasteiger partial charge in [0.2, 0.25) is 0 Å². The maximum Gasteiger partial charge on any atom is 0.313 e. The van der Waals surface area contributed by atoms with E-state index in [4.69, 9.17) is 5.11 Å². The van der Waals surface area contributed by atoms with Crippen molar-refractivity contribution >= 4 is 34.7 Å². The summed E-state index contributed by atoms with van der Waals surface area (Å²) in [6.07, 6.45) is 1.71. The first-order valence-electron chi connectivity index (χ1n) is 7.32. The van der Waals surface area contributed by atoms with Crippen molar-refractivity contribution in [1.82, 2.24) is 20.1 Å². The minimum absolute atomic E-state index is 0.0385. The Hall–Kier alpha value is -2.09. The lowest BCUT2D eigenvalue weighted by molar-refractivity contribution is -0.133. The smallest absolute Gasteiger partial charge is 0.313 e. The lowest BCUT2D eigenvalue weighted by Crippen LogP contribution is -2.27. The molecule has 8 heteroatoms. The maximum absolute atomic E-state index is 12.2. The largest absolute Gasteiger partial charge is 0.481 e. The minimum Gasteiger partial charge on any atom is -0.481 e. The first kappa shape index (κ1) is 17.3. The summed E-state index contributed by atoms with van der Waals surface area (Å²) in [6, 6.07) is 1.99. The summed E-state index contributed by atoms with van der Waals surface area (Å²) in [4.78, 5) is 27.2. The van der Waals surface area contributed by atoms with Gasteiger partial charge in [0.05, 0.1) is 23.2 Å². The maximum atomic E-state index is 12.2. The van der Waals surface area contributed by atoms with Crippen LogP contribution in [0.2, 0.25) is 0 Å². The van der Waals surface area contributed by atoms with Gasteiger partial charge < -0.3 is 10.4 Å². The van der Waals surface area contributed by atoms with Crippen LogP contribution in [0.25, 0.3) is 11.0 Å². The fourth-order valence-electron chi connectivity index (χ4n) is 2.16. The van der Waals surface area contributed by atoms with E-state index >= 15 is 0 Å². The number of pyridine rings is 1. The van der Waals surface area contributed by atoms with Crippen LogP contribution < -0.4 is 5.32 Å². The number of hydrogen-bond donors (Lipinski definition) is 2. The van der Waals surface area contributed by atoms with Crippen LogP contribution in [0, 0.1) is 6.92 Å². The predicted octanol–water partition coefficient (Wildman–Crippen LogP) is 1.87. The van der Waals surface area contributed by atoms with Crippen LogP contribution in [0.5, 0.6) is 0 Å². The zero-order valence-corrected chi connectivity index (χ0v) is 14.2. The van der Waals surface area contributed by atoms with Gasteiger partial charge in [0.15, 0.2) is 5.65 Å². The molecule has 2 heterocycles. The predicted molar refractivity (Wildman–Crippen MR) is 89.9 cm³/mol. The third-order valence-electron chi connectivity index (χ3n) is 3.25. The van der Waals surface area contributed by atoms with E-state index in [1.807, 2.05) is 18.5 Å². The summed E-state index contributed by atoms with van der Waals surface area (Å²) in [6.45, 7) is 6.27. The van der Waals surface area contributed by atoms with Gasteiger partial charge >= 0.3 is 5.97 Å². The number of fused-ring (bicyclic) bond motifs is 1. The number of aliphatic carboxylic acids is 1. The highest BCUT2D eigenvalue weighted by Crippen LogP contribution is 2.19. The number of carbonyl (C=O) groups is 2. The Morgan fingerprint density at radius 3 is 2.83 bits per heavy atom. The van der Waals surface area contributed by atoms with Gasteiger partial charge in [0.1, 0.15) is 0 Å². The number of thioether (sulfide) groups is 1. The number of aromatic nitrogens is 3. The van der Waals surface area contributed by atoms with E-state index in [2.05, 4.69) is 15.4 Å². The minimum atomic E-state index is -0.853. The van der Waals surface area contributed by atoms with Gasteiger partial charge in [-0.2, -0.15) is 5.10 Å².